The number of carbonyl (C=O) groups excluding carboxylic acids is 1. The Morgan fingerprint density at radius 2 is 1.69 bits per heavy atom. The normalized spacial score (nSPS) is 12.0. The van der Waals surface area contributed by atoms with Gasteiger partial charge in [0.15, 0.2) is 5.82 Å². The van der Waals surface area contributed by atoms with Gasteiger partial charge in [-0.3, -0.25) is 15.2 Å². The molecule has 0 saturated carbocycles. The SMILES string of the molecule is CN(NC(=O)c1cccc(C(F)(F)F)c1)c1ncc(C(F)(F)F)cc1Cl. The van der Waals surface area contributed by atoms with Crippen molar-refractivity contribution < 1.29 is 31.1 Å². The number of hydrogen-bond donors (Lipinski definition) is 1. The molecule has 0 aliphatic carbocycles. The van der Waals surface area contributed by atoms with Gasteiger partial charge >= 0.3 is 12.4 Å². The third kappa shape index (κ3) is 4.57. The van der Waals surface area contributed by atoms with Crippen LogP contribution in [-0.2, 0) is 12.4 Å². The highest BCUT2D eigenvalue weighted by Gasteiger charge is 2.32. The van der Waals surface area contributed by atoms with Crippen molar-refractivity contribution in [2.45, 2.75) is 12.4 Å². The van der Waals surface area contributed by atoms with Gasteiger partial charge in [-0.25, -0.2) is 4.98 Å². The lowest BCUT2D eigenvalue weighted by molar-refractivity contribution is -0.138. The van der Waals surface area contributed by atoms with Crippen molar-refractivity contribution in [3.63, 3.8) is 0 Å². The summed E-state index contributed by atoms with van der Waals surface area (Å²) in [4.78, 5) is 15.6. The Morgan fingerprint density at radius 1 is 1.08 bits per heavy atom. The zero-order valence-electron chi connectivity index (χ0n) is 12.9. The summed E-state index contributed by atoms with van der Waals surface area (Å²) in [6, 6.07) is 4.28. The predicted octanol–water partition coefficient (Wildman–Crippen LogP) is 4.55. The monoisotopic (exact) mass is 397 g/mol. The predicted molar refractivity (Wildman–Crippen MR) is 81.6 cm³/mol. The van der Waals surface area contributed by atoms with E-state index in [2.05, 4.69) is 10.4 Å². The van der Waals surface area contributed by atoms with Crippen LogP contribution in [0.25, 0.3) is 0 Å². The summed E-state index contributed by atoms with van der Waals surface area (Å²) >= 11 is 5.74. The Hall–Kier alpha value is -2.49. The Bertz CT molecular complexity index is 822. The zero-order chi connectivity index (χ0) is 19.7. The van der Waals surface area contributed by atoms with Crippen molar-refractivity contribution in [2.24, 2.45) is 0 Å². The average Bonchev–Trinajstić information content (AvgIpc) is 2.53. The van der Waals surface area contributed by atoms with E-state index in [1.807, 2.05) is 0 Å². The molecule has 1 aromatic heterocycles. The molecule has 26 heavy (non-hydrogen) atoms. The minimum atomic E-state index is -4.64. The van der Waals surface area contributed by atoms with Gasteiger partial charge in [0.1, 0.15) is 0 Å². The molecule has 2 aromatic rings. The Kier molecular flexibility index (Phi) is 5.36. The second-order valence-electron chi connectivity index (χ2n) is 5.11. The summed E-state index contributed by atoms with van der Waals surface area (Å²) in [7, 11) is 1.23. The number of hydrogen-bond acceptors (Lipinski definition) is 3. The standard InChI is InChI=1S/C15H10ClF6N3O/c1-25(12-11(16)6-10(7-23-12)15(20,21)22)24-13(26)8-3-2-4-9(5-8)14(17,18)19/h2-7H,1H3,(H,24,26). The third-order valence-corrected chi connectivity index (χ3v) is 3.47. The molecule has 1 heterocycles. The molecule has 11 heteroatoms. The van der Waals surface area contributed by atoms with Crippen molar-refractivity contribution in [3.05, 3.63) is 58.2 Å². The second-order valence-corrected chi connectivity index (χ2v) is 5.51. The third-order valence-electron chi connectivity index (χ3n) is 3.19. The fraction of sp³-hybridized carbons (Fsp3) is 0.200. The van der Waals surface area contributed by atoms with Crippen LogP contribution in [-0.4, -0.2) is 17.9 Å². The minimum Gasteiger partial charge on any atom is -0.270 e. The van der Waals surface area contributed by atoms with Crippen LogP contribution in [0.4, 0.5) is 32.2 Å². The van der Waals surface area contributed by atoms with Crippen LogP contribution in [0.15, 0.2) is 36.5 Å². The maximum absolute atomic E-state index is 12.7. The smallest absolute Gasteiger partial charge is 0.270 e. The number of pyridine rings is 1. The van der Waals surface area contributed by atoms with Crippen molar-refractivity contribution in [3.8, 4) is 0 Å². The second kappa shape index (κ2) is 7.02. The highest BCUT2D eigenvalue weighted by Crippen LogP contribution is 2.33. The number of nitrogens with zero attached hydrogens (tertiary/aromatic N) is 2. The van der Waals surface area contributed by atoms with Crippen molar-refractivity contribution in [1.82, 2.24) is 10.4 Å². The molecule has 0 unspecified atom stereocenters. The van der Waals surface area contributed by atoms with Gasteiger partial charge in [0.2, 0.25) is 0 Å². The Balaban J connectivity index is 2.20. The number of benzene rings is 1. The van der Waals surface area contributed by atoms with E-state index < -0.39 is 34.4 Å². The number of carbonyl (C=O) groups is 1. The van der Waals surface area contributed by atoms with E-state index in [1.165, 1.54) is 7.05 Å². The largest absolute Gasteiger partial charge is 0.417 e. The van der Waals surface area contributed by atoms with E-state index >= 15 is 0 Å². The van der Waals surface area contributed by atoms with Gasteiger partial charge < -0.3 is 0 Å². The molecule has 0 radical (unpaired) electrons. The Labute approximate surface area is 148 Å². The molecule has 1 N–H and O–H groups in total. The first-order chi connectivity index (χ1) is 11.9. The summed E-state index contributed by atoms with van der Waals surface area (Å²) in [5.41, 5.74) is -0.203. The Morgan fingerprint density at radius 3 is 2.23 bits per heavy atom. The van der Waals surface area contributed by atoms with Gasteiger partial charge in [0, 0.05) is 18.8 Å². The van der Waals surface area contributed by atoms with E-state index in [1.54, 1.807) is 0 Å². The van der Waals surface area contributed by atoms with Crippen LogP contribution < -0.4 is 10.4 Å². The van der Waals surface area contributed by atoms with Gasteiger partial charge in [-0.2, -0.15) is 26.3 Å². The molecule has 0 aliphatic rings. The van der Waals surface area contributed by atoms with Gasteiger partial charge in [-0.1, -0.05) is 17.7 Å². The summed E-state index contributed by atoms with van der Waals surface area (Å²) in [5, 5.41) is 0.511. The molecule has 2 rings (SSSR count). The van der Waals surface area contributed by atoms with Crippen LogP contribution in [0, 0.1) is 0 Å². The summed E-state index contributed by atoms with van der Waals surface area (Å²) in [6.07, 6.45) is -8.75. The highest BCUT2D eigenvalue weighted by molar-refractivity contribution is 6.33. The molecular formula is C15H10ClF6N3O. The number of alkyl halides is 6. The number of aromatic nitrogens is 1. The minimum absolute atomic E-state index is 0.208. The molecule has 0 spiro atoms. The summed E-state index contributed by atoms with van der Waals surface area (Å²) < 4.78 is 75.8. The maximum atomic E-state index is 12.7. The van der Waals surface area contributed by atoms with Gasteiger partial charge in [-0.15, -0.1) is 0 Å². The topological polar surface area (TPSA) is 45.2 Å². The molecule has 140 valence electrons. The van der Waals surface area contributed by atoms with Gasteiger partial charge in [-0.05, 0) is 24.3 Å². The number of hydrazine groups is 1. The first kappa shape index (κ1) is 19.8. The van der Waals surface area contributed by atoms with Crippen molar-refractivity contribution in [1.29, 1.82) is 0 Å². The number of rotatable bonds is 3. The first-order valence-electron chi connectivity index (χ1n) is 6.84. The first-order valence-corrected chi connectivity index (χ1v) is 7.22. The van der Waals surface area contributed by atoms with Crippen LogP contribution >= 0.6 is 11.6 Å². The number of nitrogens with one attached hydrogen (secondary N) is 1. The molecule has 1 amide bonds. The molecule has 0 fully saturated rings. The lowest BCUT2D eigenvalue weighted by Gasteiger charge is -2.21. The number of anilines is 1. The van der Waals surface area contributed by atoms with Gasteiger partial charge in [0.05, 0.1) is 16.1 Å². The molecule has 0 bridgehead atoms. The average molecular weight is 398 g/mol. The molecular weight excluding hydrogens is 388 g/mol. The summed E-state index contributed by atoms with van der Waals surface area (Å²) in [5.74, 6) is -1.13. The molecule has 0 atom stereocenters. The van der Waals surface area contributed by atoms with Crippen LogP contribution in [0.2, 0.25) is 5.02 Å². The van der Waals surface area contributed by atoms with Gasteiger partial charge in [0.25, 0.3) is 5.91 Å². The van der Waals surface area contributed by atoms with E-state index in [4.69, 9.17) is 11.6 Å². The fourth-order valence-corrected chi connectivity index (χ4v) is 2.23. The molecule has 0 aliphatic heterocycles. The van der Waals surface area contributed by atoms with Crippen LogP contribution in [0.3, 0.4) is 0 Å². The quantitative estimate of drug-likeness (QED) is 0.610. The fourth-order valence-electron chi connectivity index (χ4n) is 1.94. The van der Waals surface area contributed by atoms with E-state index in [0.29, 0.717) is 18.3 Å². The number of amides is 1. The maximum Gasteiger partial charge on any atom is 0.417 e. The lowest BCUT2D eigenvalue weighted by Crippen LogP contribution is -2.40. The van der Waals surface area contributed by atoms with Crippen molar-refractivity contribution in [2.75, 3.05) is 12.1 Å². The van der Waals surface area contributed by atoms with Crippen LogP contribution in [0.5, 0.6) is 0 Å². The summed E-state index contributed by atoms with van der Waals surface area (Å²) in [6.45, 7) is 0. The molecule has 4 nitrogen and oxygen atoms in total. The highest BCUT2D eigenvalue weighted by atomic mass is 35.5. The molecule has 1 aromatic carbocycles. The zero-order valence-corrected chi connectivity index (χ0v) is 13.7. The molecule has 0 saturated heterocycles. The lowest BCUT2D eigenvalue weighted by atomic mass is 10.1. The van der Waals surface area contributed by atoms with E-state index in [9.17, 15) is 31.1 Å². The van der Waals surface area contributed by atoms with E-state index in [0.717, 1.165) is 23.2 Å². The number of halogens is 7. The van der Waals surface area contributed by atoms with Crippen LogP contribution in [0.1, 0.15) is 21.5 Å². The van der Waals surface area contributed by atoms with E-state index in [-0.39, 0.29) is 11.4 Å². The van der Waals surface area contributed by atoms with Crippen molar-refractivity contribution >= 4 is 23.3 Å².